The van der Waals surface area contributed by atoms with E-state index in [1.807, 2.05) is 0 Å². The highest BCUT2D eigenvalue weighted by molar-refractivity contribution is 5.81. The number of imidazole rings is 1. The summed E-state index contributed by atoms with van der Waals surface area (Å²) in [5.74, 6) is -0.133. The first-order valence-corrected chi connectivity index (χ1v) is 8.60. The SMILES string of the molecule is COc1ccccc1-c1nc(C(F)(F)F)c2[nH]c(-c3ccc(C(F)(F)F)nc3)nc2n1. The zero-order valence-electron chi connectivity index (χ0n) is 15.5. The van der Waals surface area contributed by atoms with Crippen LogP contribution in [0.1, 0.15) is 11.4 Å². The Balaban J connectivity index is 1.89. The number of ether oxygens (including phenoxy) is 1. The minimum Gasteiger partial charge on any atom is -0.496 e. The lowest BCUT2D eigenvalue weighted by atomic mass is 10.2. The molecule has 0 amide bonds. The molecule has 3 heterocycles. The van der Waals surface area contributed by atoms with Crippen molar-refractivity contribution in [1.29, 1.82) is 0 Å². The molecule has 3 aromatic heterocycles. The van der Waals surface area contributed by atoms with Crippen LogP contribution in [0.5, 0.6) is 5.75 Å². The Morgan fingerprint density at radius 1 is 0.871 bits per heavy atom. The van der Waals surface area contributed by atoms with E-state index in [9.17, 15) is 26.3 Å². The van der Waals surface area contributed by atoms with Gasteiger partial charge in [-0.05, 0) is 24.3 Å². The van der Waals surface area contributed by atoms with Crippen LogP contribution < -0.4 is 4.74 Å². The Morgan fingerprint density at radius 3 is 2.23 bits per heavy atom. The number of benzene rings is 1. The summed E-state index contributed by atoms with van der Waals surface area (Å²) in [6.07, 6.45) is -8.63. The van der Waals surface area contributed by atoms with Crippen molar-refractivity contribution in [2.45, 2.75) is 12.4 Å². The summed E-state index contributed by atoms with van der Waals surface area (Å²) in [7, 11) is 1.35. The zero-order chi connectivity index (χ0) is 22.4. The van der Waals surface area contributed by atoms with Crippen LogP contribution in [0, 0.1) is 0 Å². The summed E-state index contributed by atoms with van der Waals surface area (Å²) in [5.41, 5.74) is -2.94. The average Bonchev–Trinajstić information content (AvgIpc) is 3.15. The van der Waals surface area contributed by atoms with Gasteiger partial charge in [0, 0.05) is 11.8 Å². The van der Waals surface area contributed by atoms with Gasteiger partial charge in [0.05, 0.1) is 12.7 Å². The van der Waals surface area contributed by atoms with Crippen LogP contribution in [0.15, 0.2) is 42.6 Å². The summed E-state index contributed by atoms with van der Waals surface area (Å²) < 4.78 is 84.3. The molecular weight excluding hydrogens is 428 g/mol. The molecule has 0 saturated carbocycles. The van der Waals surface area contributed by atoms with Gasteiger partial charge in [0.15, 0.2) is 17.2 Å². The number of methoxy groups -OCH3 is 1. The smallest absolute Gasteiger partial charge is 0.435 e. The number of nitrogens with zero attached hydrogens (tertiary/aromatic N) is 4. The van der Waals surface area contributed by atoms with Gasteiger partial charge in [0.25, 0.3) is 0 Å². The number of hydrogen-bond donors (Lipinski definition) is 1. The van der Waals surface area contributed by atoms with Crippen molar-refractivity contribution in [3.05, 3.63) is 54.0 Å². The molecule has 4 aromatic rings. The van der Waals surface area contributed by atoms with E-state index in [0.717, 1.165) is 12.3 Å². The fraction of sp³-hybridized carbons (Fsp3) is 0.158. The van der Waals surface area contributed by atoms with E-state index in [1.165, 1.54) is 13.2 Å². The highest BCUT2D eigenvalue weighted by Gasteiger charge is 2.37. The summed E-state index contributed by atoms with van der Waals surface area (Å²) in [5, 5.41) is 0. The van der Waals surface area contributed by atoms with E-state index in [4.69, 9.17) is 4.74 Å². The number of halogens is 6. The normalized spacial score (nSPS) is 12.4. The summed E-state index contributed by atoms with van der Waals surface area (Å²) in [6.45, 7) is 0. The molecule has 0 saturated heterocycles. The minimum absolute atomic E-state index is 0.0537. The van der Waals surface area contributed by atoms with Gasteiger partial charge in [-0.15, -0.1) is 0 Å². The van der Waals surface area contributed by atoms with E-state index >= 15 is 0 Å². The third-order valence-electron chi connectivity index (χ3n) is 4.29. The first-order chi connectivity index (χ1) is 14.6. The van der Waals surface area contributed by atoms with Crippen molar-refractivity contribution in [3.8, 4) is 28.5 Å². The molecule has 0 bridgehead atoms. The number of aromatic amines is 1. The lowest BCUT2D eigenvalue weighted by Crippen LogP contribution is -2.11. The van der Waals surface area contributed by atoms with Crippen molar-refractivity contribution >= 4 is 11.2 Å². The second-order valence-corrected chi connectivity index (χ2v) is 6.31. The Labute approximate surface area is 170 Å². The number of rotatable bonds is 3. The molecule has 1 aromatic carbocycles. The summed E-state index contributed by atoms with van der Waals surface area (Å²) in [4.78, 5) is 17.5. The monoisotopic (exact) mass is 439 g/mol. The van der Waals surface area contributed by atoms with Crippen molar-refractivity contribution in [2.24, 2.45) is 0 Å². The van der Waals surface area contributed by atoms with E-state index in [0.29, 0.717) is 6.07 Å². The molecule has 160 valence electrons. The number of nitrogens with one attached hydrogen (secondary N) is 1. The van der Waals surface area contributed by atoms with Crippen LogP contribution in [-0.2, 0) is 12.4 Å². The fourth-order valence-corrected chi connectivity index (χ4v) is 2.89. The third kappa shape index (κ3) is 3.88. The number of fused-ring (bicyclic) bond motifs is 1. The number of aromatic nitrogens is 5. The molecule has 0 fully saturated rings. The van der Waals surface area contributed by atoms with Gasteiger partial charge in [0.2, 0.25) is 0 Å². The van der Waals surface area contributed by atoms with Crippen LogP contribution in [-0.4, -0.2) is 32.0 Å². The van der Waals surface area contributed by atoms with Gasteiger partial charge < -0.3 is 9.72 Å². The van der Waals surface area contributed by atoms with Gasteiger partial charge in [-0.2, -0.15) is 26.3 Å². The van der Waals surface area contributed by atoms with Crippen molar-refractivity contribution < 1.29 is 31.1 Å². The summed E-state index contributed by atoms with van der Waals surface area (Å²) in [6, 6.07) is 8.01. The second kappa shape index (κ2) is 7.22. The molecule has 31 heavy (non-hydrogen) atoms. The molecule has 0 aliphatic heterocycles. The van der Waals surface area contributed by atoms with Crippen LogP contribution in [0.4, 0.5) is 26.3 Å². The van der Waals surface area contributed by atoms with Gasteiger partial charge in [0.1, 0.15) is 22.8 Å². The molecular formula is C19H11F6N5O. The molecule has 0 atom stereocenters. The lowest BCUT2D eigenvalue weighted by Gasteiger charge is -2.10. The predicted molar refractivity (Wildman–Crippen MR) is 96.9 cm³/mol. The molecule has 12 heteroatoms. The first kappa shape index (κ1) is 20.6. The predicted octanol–water partition coefficient (Wildman–Crippen LogP) is 5.13. The maximum atomic E-state index is 13.7. The van der Waals surface area contributed by atoms with Crippen LogP contribution in [0.2, 0.25) is 0 Å². The van der Waals surface area contributed by atoms with Crippen molar-refractivity contribution in [3.63, 3.8) is 0 Å². The molecule has 0 unspecified atom stereocenters. The summed E-state index contributed by atoms with van der Waals surface area (Å²) >= 11 is 0. The van der Waals surface area contributed by atoms with E-state index in [2.05, 4.69) is 24.9 Å². The minimum atomic E-state index is -4.85. The topological polar surface area (TPSA) is 76.6 Å². The number of H-pyrrole nitrogens is 1. The first-order valence-electron chi connectivity index (χ1n) is 8.60. The van der Waals surface area contributed by atoms with Crippen LogP contribution >= 0.6 is 0 Å². The molecule has 0 spiro atoms. The Morgan fingerprint density at radius 2 is 1.61 bits per heavy atom. The third-order valence-corrected chi connectivity index (χ3v) is 4.29. The quantitative estimate of drug-likeness (QED) is 0.448. The van der Waals surface area contributed by atoms with Gasteiger partial charge in [-0.25, -0.2) is 15.0 Å². The lowest BCUT2D eigenvalue weighted by molar-refractivity contribution is -0.141. The molecule has 0 radical (unpaired) electrons. The van der Waals surface area contributed by atoms with Gasteiger partial charge in [-0.3, -0.25) is 4.98 Å². The maximum absolute atomic E-state index is 13.7. The van der Waals surface area contributed by atoms with E-state index in [1.54, 1.807) is 18.2 Å². The Kier molecular flexibility index (Phi) is 4.79. The largest absolute Gasteiger partial charge is 0.496 e. The molecule has 4 rings (SSSR count). The Bertz CT molecular complexity index is 1250. The maximum Gasteiger partial charge on any atom is 0.435 e. The van der Waals surface area contributed by atoms with Crippen molar-refractivity contribution in [1.82, 2.24) is 24.9 Å². The number of pyridine rings is 1. The van der Waals surface area contributed by atoms with Crippen LogP contribution in [0.3, 0.4) is 0 Å². The zero-order valence-corrected chi connectivity index (χ0v) is 15.5. The molecule has 0 aliphatic carbocycles. The second-order valence-electron chi connectivity index (χ2n) is 6.31. The average molecular weight is 439 g/mol. The van der Waals surface area contributed by atoms with E-state index < -0.39 is 29.3 Å². The number of para-hydroxylation sites is 1. The number of alkyl halides is 6. The highest BCUT2D eigenvalue weighted by Crippen LogP contribution is 2.36. The number of hydrogen-bond acceptors (Lipinski definition) is 5. The molecule has 6 nitrogen and oxygen atoms in total. The van der Waals surface area contributed by atoms with Gasteiger partial charge in [-0.1, -0.05) is 12.1 Å². The van der Waals surface area contributed by atoms with Crippen LogP contribution in [0.25, 0.3) is 33.9 Å². The van der Waals surface area contributed by atoms with Crippen molar-refractivity contribution in [2.75, 3.05) is 7.11 Å². The molecule has 1 N–H and O–H groups in total. The molecule has 0 aliphatic rings. The fourth-order valence-electron chi connectivity index (χ4n) is 2.89. The highest BCUT2D eigenvalue weighted by atomic mass is 19.4. The Hall–Kier alpha value is -3.70. The standard InChI is InChI=1S/C19H11F6N5O/c1-31-11-5-3-2-4-10(11)16-28-14(19(23,24)25)13-17(30-16)29-15(27-13)9-6-7-12(26-8-9)18(20,21)22/h2-8H,1H3,(H,27,28,29,30). The van der Waals surface area contributed by atoms with E-state index in [-0.39, 0.29) is 34.2 Å². The van der Waals surface area contributed by atoms with Gasteiger partial charge >= 0.3 is 12.4 Å².